The molecule has 0 radical (unpaired) electrons. The molecule has 1 aliphatic heterocycles. The van der Waals surface area contributed by atoms with Crippen molar-refractivity contribution in [1.82, 2.24) is 15.2 Å². The number of halogens is 2. The van der Waals surface area contributed by atoms with Crippen LogP contribution in [0, 0.1) is 0 Å². The van der Waals surface area contributed by atoms with E-state index in [1.54, 1.807) is 6.07 Å². The molecule has 144 valence electrons. The maximum absolute atomic E-state index is 12.5. The number of likely N-dealkylation sites (N-methyl/N-ethyl adjacent to an activating group) is 1. The molecule has 1 atom stereocenters. The third kappa shape index (κ3) is 5.65. The number of thiophene rings is 1. The highest BCUT2D eigenvalue weighted by Crippen LogP contribution is 2.21. The molecule has 0 spiro atoms. The number of hydrogen-bond acceptors (Lipinski definition) is 6. The highest BCUT2D eigenvalue weighted by molar-refractivity contribution is 7.14. The fourth-order valence-corrected chi connectivity index (χ4v) is 4.20. The van der Waals surface area contributed by atoms with Gasteiger partial charge in [0.15, 0.2) is 5.13 Å². The molecule has 2 amide bonds. The van der Waals surface area contributed by atoms with Gasteiger partial charge in [0.1, 0.15) is 0 Å². The summed E-state index contributed by atoms with van der Waals surface area (Å²) in [6, 6.07) is 3.88. The van der Waals surface area contributed by atoms with E-state index in [0.717, 1.165) is 25.9 Å². The number of anilines is 1. The molecule has 10 heteroatoms. The van der Waals surface area contributed by atoms with Gasteiger partial charge < -0.3 is 10.2 Å². The lowest BCUT2D eigenvalue weighted by Crippen LogP contribution is -2.41. The minimum atomic E-state index is -0.161. The van der Waals surface area contributed by atoms with Crippen molar-refractivity contribution < 1.29 is 9.59 Å². The quantitative estimate of drug-likeness (QED) is 0.729. The number of likely N-dealkylation sites (tertiary alicyclic amines) is 1. The van der Waals surface area contributed by atoms with Crippen molar-refractivity contribution in [3.63, 3.8) is 0 Å². The SMILES string of the molecule is CNCC1CCCN1C(=O)Cc1csc(NC(=O)c2cccs2)n1.Cl.Cl. The Hall–Kier alpha value is -1.19. The summed E-state index contributed by atoms with van der Waals surface area (Å²) in [5.41, 5.74) is 0.710. The Morgan fingerprint density at radius 3 is 2.85 bits per heavy atom. The zero-order chi connectivity index (χ0) is 16.9. The maximum atomic E-state index is 12.5. The number of carbonyl (C=O) groups is 2. The second kappa shape index (κ2) is 10.8. The van der Waals surface area contributed by atoms with Crippen LogP contribution in [0.4, 0.5) is 5.13 Å². The van der Waals surface area contributed by atoms with E-state index in [9.17, 15) is 9.59 Å². The van der Waals surface area contributed by atoms with Gasteiger partial charge in [-0.3, -0.25) is 14.9 Å². The summed E-state index contributed by atoms with van der Waals surface area (Å²) in [6.07, 6.45) is 2.38. The molecular weight excluding hydrogens is 415 g/mol. The van der Waals surface area contributed by atoms with E-state index in [1.165, 1.54) is 22.7 Å². The standard InChI is InChI=1S/C16H20N4O2S2.2ClH/c1-17-9-12-4-2-6-20(12)14(21)8-11-10-24-16(18-11)19-15(22)13-5-3-7-23-13;;/h3,5,7,10,12,17H,2,4,6,8-9H2,1H3,(H,18,19,22);2*1H. The zero-order valence-electron chi connectivity index (χ0n) is 14.3. The predicted molar refractivity (Wildman–Crippen MR) is 111 cm³/mol. The van der Waals surface area contributed by atoms with E-state index >= 15 is 0 Å². The first-order valence-electron chi connectivity index (χ1n) is 7.90. The molecule has 1 unspecified atom stereocenters. The van der Waals surface area contributed by atoms with Crippen LogP contribution in [0.2, 0.25) is 0 Å². The lowest BCUT2D eigenvalue weighted by atomic mass is 10.2. The molecule has 0 bridgehead atoms. The summed E-state index contributed by atoms with van der Waals surface area (Å²) >= 11 is 2.74. The van der Waals surface area contributed by atoms with E-state index in [4.69, 9.17) is 0 Å². The fourth-order valence-electron chi connectivity index (χ4n) is 2.88. The number of amides is 2. The van der Waals surface area contributed by atoms with Crippen LogP contribution in [0.15, 0.2) is 22.9 Å². The average molecular weight is 437 g/mol. The van der Waals surface area contributed by atoms with Crippen molar-refractivity contribution in [3.05, 3.63) is 33.5 Å². The number of thiazole rings is 1. The molecule has 6 nitrogen and oxygen atoms in total. The van der Waals surface area contributed by atoms with Crippen molar-refractivity contribution in [3.8, 4) is 0 Å². The van der Waals surface area contributed by atoms with Crippen molar-refractivity contribution in [2.75, 3.05) is 25.5 Å². The topological polar surface area (TPSA) is 74.3 Å². The van der Waals surface area contributed by atoms with Gasteiger partial charge >= 0.3 is 0 Å². The fraction of sp³-hybridized carbons (Fsp3) is 0.438. The van der Waals surface area contributed by atoms with Crippen LogP contribution in [-0.2, 0) is 11.2 Å². The third-order valence-electron chi connectivity index (χ3n) is 3.99. The first-order valence-corrected chi connectivity index (χ1v) is 9.66. The molecule has 1 aliphatic rings. The summed E-state index contributed by atoms with van der Waals surface area (Å²) in [5.74, 6) is -0.0555. The van der Waals surface area contributed by atoms with Gasteiger partial charge in [0.05, 0.1) is 17.0 Å². The normalized spacial score (nSPS) is 15.9. The van der Waals surface area contributed by atoms with Crippen LogP contribution in [0.25, 0.3) is 0 Å². The largest absolute Gasteiger partial charge is 0.338 e. The van der Waals surface area contributed by atoms with Crippen molar-refractivity contribution in [2.24, 2.45) is 0 Å². The summed E-state index contributed by atoms with van der Waals surface area (Å²) in [6.45, 7) is 1.64. The number of nitrogens with zero attached hydrogens (tertiary/aromatic N) is 2. The van der Waals surface area contributed by atoms with Crippen LogP contribution in [-0.4, -0.2) is 47.9 Å². The Kier molecular flexibility index (Phi) is 9.52. The monoisotopic (exact) mass is 436 g/mol. The molecule has 2 aromatic rings. The molecule has 26 heavy (non-hydrogen) atoms. The van der Waals surface area contributed by atoms with Gasteiger partial charge in [-0.1, -0.05) is 6.07 Å². The minimum Gasteiger partial charge on any atom is -0.338 e. The summed E-state index contributed by atoms with van der Waals surface area (Å²) in [5, 5.41) is 10.2. The lowest BCUT2D eigenvalue weighted by Gasteiger charge is -2.24. The highest BCUT2D eigenvalue weighted by atomic mass is 35.5. The number of nitrogens with one attached hydrogen (secondary N) is 2. The van der Waals surface area contributed by atoms with Crippen molar-refractivity contribution in [2.45, 2.75) is 25.3 Å². The molecule has 3 rings (SSSR count). The second-order valence-electron chi connectivity index (χ2n) is 5.69. The Morgan fingerprint density at radius 1 is 1.35 bits per heavy atom. The van der Waals surface area contributed by atoms with Crippen molar-refractivity contribution >= 4 is 64.4 Å². The van der Waals surface area contributed by atoms with E-state index in [2.05, 4.69) is 15.6 Å². The Labute approximate surface area is 173 Å². The Bertz CT molecular complexity index is 709. The van der Waals surface area contributed by atoms with Gasteiger partial charge in [-0.25, -0.2) is 4.98 Å². The number of aromatic nitrogens is 1. The summed E-state index contributed by atoms with van der Waals surface area (Å²) < 4.78 is 0. The van der Waals surface area contributed by atoms with Gasteiger partial charge in [-0.2, -0.15) is 0 Å². The van der Waals surface area contributed by atoms with Crippen LogP contribution in [0.1, 0.15) is 28.2 Å². The van der Waals surface area contributed by atoms with Crippen LogP contribution >= 0.6 is 47.5 Å². The van der Waals surface area contributed by atoms with Gasteiger partial charge in [0, 0.05) is 24.5 Å². The highest BCUT2D eigenvalue weighted by Gasteiger charge is 2.28. The number of rotatable bonds is 6. The predicted octanol–water partition coefficient (Wildman–Crippen LogP) is 3.05. The number of hydrogen-bond donors (Lipinski definition) is 2. The number of carbonyl (C=O) groups excluding carboxylic acids is 2. The van der Waals surface area contributed by atoms with Gasteiger partial charge in [-0.05, 0) is 31.3 Å². The molecule has 0 aliphatic carbocycles. The average Bonchev–Trinajstić information content (AvgIpc) is 3.28. The van der Waals surface area contributed by atoms with Crippen molar-refractivity contribution in [1.29, 1.82) is 0 Å². The maximum Gasteiger partial charge on any atom is 0.267 e. The smallest absolute Gasteiger partial charge is 0.267 e. The van der Waals surface area contributed by atoms with E-state index in [1.807, 2.05) is 28.8 Å². The van der Waals surface area contributed by atoms with E-state index in [0.29, 0.717) is 15.7 Å². The summed E-state index contributed by atoms with van der Waals surface area (Å²) in [4.78, 5) is 31.5. The molecule has 3 heterocycles. The second-order valence-corrected chi connectivity index (χ2v) is 7.50. The summed E-state index contributed by atoms with van der Waals surface area (Å²) in [7, 11) is 1.91. The lowest BCUT2D eigenvalue weighted by molar-refractivity contribution is -0.131. The van der Waals surface area contributed by atoms with Gasteiger partial charge in [0.25, 0.3) is 5.91 Å². The molecule has 2 N–H and O–H groups in total. The molecule has 1 saturated heterocycles. The van der Waals surface area contributed by atoms with Crippen LogP contribution < -0.4 is 10.6 Å². The molecule has 0 aromatic carbocycles. The van der Waals surface area contributed by atoms with Crippen LogP contribution in [0.5, 0.6) is 0 Å². The minimum absolute atomic E-state index is 0. The van der Waals surface area contributed by atoms with Gasteiger partial charge in [0.2, 0.25) is 5.91 Å². The zero-order valence-corrected chi connectivity index (χ0v) is 17.5. The third-order valence-corrected chi connectivity index (χ3v) is 5.66. The molecule has 0 saturated carbocycles. The first-order chi connectivity index (χ1) is 11.7. The molecular formula is C16H22Cl2N4O2S2. The Morgan fingerprint density at radius 2 is 2.15 bits per heavy atom. The van der Waals surface area contributed by atoms with E-state index < -0.39 is 0 Å². The first kappa shape index (κ1) is 22.9. The van der Waals surface area contributed by atoms with Crippen LogP contribution in [0.3, 0.4) is 0 Å². The Balaban J connectivity index is 0.00000169. The van der Waals surface area contributed by atoms with Gasteiger partial charge in [-0.15, -0.1) is 47.5 Å². The molecule has 1 fully saturated rings. The molecule has 2 aromatic heterocycles. The van der Waals surface area contributed by atoms with E-state index in [-0.39, 0.29) is 49.1 Å².